The van der Waals surface area contributed by atoms with Crippen molar-refractivity contribution in [2.45, 2.75) is 4.83 Å². The van der Waals surface area contributed by atoms with Crippen LogP contribution in [0.25, 0.3) is 0 Å². The number of benzene rings is 2. The van der Waals surface area contributed by atoms with E-state index in [1.54, 1.807) is 27.4 Å². The minimum Gasteiger partial charge on any atom is -0.497 e. The van der Waals surface area contributed by atoms with Gasteiger partial charge in [-0.1, -0.05) is 27.5 Å². The Balaban J connectivity index is 2.48. The molecule has 2 aromatic rings. The highest BCUT2D eigenvalue weighted by molar-refractivity contribution is 9.09. The standard InChI is InChI=1S/C16H16BrClO3/c1-19-12-6-10(7-13(9-12)20-2)16(17)14-8-11(18)4-5-15(14)21-3/h4-9,16H,1-3H3. The quantitative estimate of drug-likeness (QED) is 0.703. The average Bonchev–Trinajstić information content (AvgIpc) is 2.53. The van der Waals surface area contributed by atoms with Crippen LogP contribution in [0.3, 0.4) is 0 Å². The van der Waals surface area contributed by atoms with Crippen LogP contribution in [0.1, 0.15) is 16.0 Å². The predicted octanol–water partition coefficient (Wildman–Crippen LogP) is 4.85. The van der Waals surface area contributed by atoms with Gasteiger partial charge < -0.3 is 14.2 Å². The second kappa shape index (κ2) is 7.05. The van der Waals surface area contributed by atoms with Gasteiger partial charge in [0.2, 0.25) is 0 Å². The highest BCUT2D eigenvalue weighted by Crippen LogP contribution is 2.40. The summed E-state index contributed by atoms with van der Waals surface area (Å²) in [6, 6.07) is 11.3. The van der Waals surface area contributed by atoms with E-state index in [0.29, 0.717) is 5.02 Å². The molecule has 0 aliphatic rings. The summed E-state index contributed by atoms with van der Waals surface area (Å²) in [6.07, 6.45) is 0. The number of halogens is 2. The van der Waals surface area contributed by atoms with Gasteiger partial charge in [0, 0.05) is 16.7 Å². The molecule has 0 fully saturated rings. The van der Waals surface area contributed by atoms with Crippen LogP contribution >= 0.6 is 27.5 Å². The second-order valence-corrected chi connectivity index (χ2v) is 5.75. The molecule has 0 bridgehead atoms. The van der Waals surface area contributed by atoms with Crippen molar-refractivity contribution in [2.24, 2.45) is 0 Å². The summed E-state index contributed by atoms with van der Waals surface area (Å²) in [7, 11) is 4.89. The highest BCUT2D eigenvalue weighted by Gasteiger charge is 2.17. The van der Waals surface area contributed by atoms with Crippen LogP contribution in [-0.4, -0.2) is 21.3 Å². The number of ether oxygens (including phenoxy) is 3. The van der Waals surface area contributed by atoms with Crippen molar-refractivity contribution in [3.05, 3.63) is 52.5 Å². The molecule has 0 spiro atoms. The molecule has 5 heteroatoms. The maximum atomic E-state index is 6.10. The molecule has 21 heavy (non-hydrogen) atoms. The van der Waals surface area contributed by atoms with Gasteiger partial charge >= 0.3 is 0 Å². The van der Waals surface area contributed by atoms with Crippen molar-refractivity contribution < 1.29 is 14.2 Å². The van der Waals surface area contributed by atoms with Gasteiger partial charge in [-0.25, -0.2) is 0 Å². The summed E-state index contributed by atoms with van der Waals surface area (Å²) < 4.78 is 16.0. The summed E-state index contributed by atoms with van der Waals surface area (Å²) in [4.78, 5) is -0.0878. The predicted molar refractivity (Wildman–Crippen MR) is 88.3 cm³/mol. The number of alkyl halides is 1. The van der Waals surface area contributed by atoms with Gasteiger partial charge in [0.05, 0.1) is 26.2 Å². The molecule has 1 unspecified atom stereocenters. The number of hydrogen-bond donors (Lipinski definition) is 0. The molecule has 0 heterocycles. The molecule has 0 aliphatic carbocycles. The van der Waals surface area contributed by atoms with Gasteiger partial charge in [-0.05, 0) is 35.9 Å². The van der Waals surface area contributed by atoms with Crippen LogP contribution in [0.4, 0.5) is 0 Å². The van der Waals surface area contributed by atoms with Crippen LogP contribution in [0.2, 0.25) is 5.02 Å². The molecule has 0 saturated heterocycles. The molecule has 0 amide bonds. The van der Waals surface area contributed by atoms with E-state index in [1.807, 2.05) is 30.3 Å². The Labute approximate surface area is 137 Å². The fourth-order valence-corrected chi connectivity index (χ4v) is 2.86. The van der Waals surface area contributed by atoms with Gasteiger partial charge in [-0.2, -0.15) is 0 Å². The van der Waals surface area contributed by atoms with Crippen molar-refractivity contribution >= 4 is 27.5 Å². The Morgan fingerprint density at radius 1 is 0.905 bits per heavy atom. The van der Waals surface area contributed by atoms with E-state index in [2.05, 4.69) is 15.9 Å². The molecular formula is C16H16BrClO3. The topological polar surface area (TPSA) is 27.7 Å². The third-order valence-corrected chi connectivity index (χ3v) is 4.39. The lowest BCUT2D eigenvalue weighted by atomic mass is 10.0. The van der Waals surface area contributed by atoms with Crippen LogP contribution in [0, 0.1) is 0 Å². The lowest BCUT2D eigenvalue weighted by Gasteiger charge is -2.17. The fourth-order valence-electron chi connectivity index (χ4n) is 2.06. The Bertz CT molecular complexity index is 609. The minimum atomic E-state index is -0.0878. The van der Waals surface area contributed by atoms with E-state index in [0.717, 1.165) is 28.4 Å². The molecule has 2 aromatic carbocycles. The summed E-state index contributed by atoms with van der Waals surface area (Å²) >= 11 is 9.79. The highest BCUT2D eigenvalue weighted by atomic mass is 79.9. The summed E-state index contributed by atoms with van der Waals surface area (Å²) in [6.45, 7) is 0. The van der Waals surface area contributed by atoms with Crippen molar-refractivity contribution in [1.29, 1.82) is 0 Å². The molecule has 0 aliphatic heterocycles. The normalized spacial score (nSPS) is 11.9. The van der Waals surface area contributed by atoms with Crippen LogP contribution in [0.5, 0.6) is 17.2 Å². The lowest BCUT2D eigenvalue weighted by Crippen LogP contribution is -1.99. The van der Waals surface area contributed by atoms with E-state index < -0.39 is 0 Å². The van der Waals surface area contributed by atoms with Crippen LogP contribution in [-0.2, 0) is 0 Å². The minimum absolute atomic E-state index is 0.0878. The van der Waals surface area contributed by atoms with E-state index in [4.69, 9.17) is 25.8 Å². The SMILES string of the molecule is COc1cc(OC)cc(C(Br)c2cc(Cl)ccc2OC)c1. The van der Waals surface area contributed by atoms with Gasteiger partial charge in [0.25, 0.3) is 0 Å². The maximum Gasteiger partial charge on any atom is 0.123 e. The fraction of sp³-hybridized carbons (Fsp3) is 0.250. The first-order valence-electron chi connectivity index (χ1n) is 6.29. The zero-order valence-corrected chi connectivity index (χ0v) is 14.4. The molecule has 2 rings (SSSR count). The van der Waals surface area contributed by atoms with Gasteiger partial charge in [-0.3, -0.25) is 0 Å². The van der Waals surface area contributed by atoms with Crippen LogP contribution in [0.15, 0.2) is 36.4 Å². The van der Waals surface area contributed by atoms with Crippen molar-refractivity contribution in [3.8, 4) is 17.2 Å². The molecular weight excluding hydrogens is 356 g/mol. The van der Waals surface area contributed by atoms with E-state index in [1.165, 1.54) is 0 Å². The van der Waals surface area contributed by atoms with Gasteiger partial charge in [0.1, 0.15) is 17.2 Å². The van der Waals surface area contributed by atoms with Crippen LogP contribution < -0.4 is 14.2 Å². The number of hydrogen-bond acceptors (Lipinski definition) is 3. The Hall–Kier alpha value is -1.39. The maximum absolute atomic E-state index is 6.10. The largest absolute Gasteiger partial charge is 0.497 e. The first-order valence-corrected chi connectivity index (χ1v) is 7.59. The zero-order chi connectivity index (χ0) is 15.4. The van der Waals surface area contributed by atoms with Gasteiger partial charge in [0.15, 0.2) is 0 Å². The lowest BCUT2D eigenvalue weighted by molar-refractivity contribution is 0.393. The van der Waals surface area contributed by atoms with Crippen molar-refractivity contribution in [2.75, 3.05) is 21.3 Å². The van der Waals surface area contributed by atoms with Crippen molar-refractivity contribution in [1.82, 2.24) is 0 Å². The molecule has 0 aromatic heterocycles. The first-order chi connectivity index (χ1) is 10.1. The molecule has 1 atom stereocenters. The average molecular weight is 372 g/mol. The van der Waals surface area contributed by atoms with E-state index in [-0.39, 0.29) is 4.83 Å². The molecule has 0 radical (unpaired) electrons. The zero-order valence-electron chi connectivity index (χ0n) is 12.0. The van der Waals surface area contributed by atoms with E-state index in [9.17, 15) is 0 Å². The summed E-state index contributed by atoms with van der Waals surface area (Å²) in [5.74, 6) is 2.23. The monoisotopic (exact) mass is 370 g/mol. The third kappa shape index (κ3) is 3.63. The Morgan fingerprint density at radius 2 is 1.52 bits per heavy atom. The van der Waals surface area contributed by atoms with Crippen molar-refractivity contribution in [3.63, 3.8) is 0 Å². The Morgan fingerprint density at radius 3 is 2.05 bits per heavy atom. The Kier molecular flexibility index (Phi) is 5.37. The molecule has 3 nitrogen and oxygen atoms in total. The molecule has 112 valence electrons. The second-order valence-electron chi connectivity index (χ2n) is 4.39. The third-order valence-electron chi connectivity index (χ3n) is 3.13. The smallest absolute Gasteiger partial charge is 0.123 e. The van der Waals surface area contributed by atoms with Gasteiger partial charge in [-0.15, -0.1) is 0 Å². The number of rotatable bonds is 5. The number of methoxy groups -OCH3 is 3. The molecule has 0 N–H and O–H groups in total. The summed E-state index contributed by atoms with van der Waals surface area (Å²) in [5, 5.41) is 0.658. The summed E-state index contributed by atoms with van der Waals surface area (Å²) in [5.41, 5.74) is 1.94. The van der Waals surface area contributed by atoms with E-state index >= 15 is 0 Å². The molecule has 0 saturated carbocycles. The first kappa shape index (κ1) is 16.0.